The van der Waals surface area contributed by atoms with Crippen LogP contribution in [0.25, 0.3) is 10.9 Å². The zero-order valence-electron chi connectivity index (χ0n) is 14.3. The van der Waals surface area contributed by atoms with Crippen molar-refractivity contribution in [3.63, 3.8) is 0 Å². The maximum Gasteiger partial charge on any atom is 0.191 e. The van der Waals surface area contributed by atoms with Crippen molar-refractivity contribution in [1.82, 2.24) is 25.4 Å². The highest BCUT2D eigenvalue weighted by Crippen LogP contribution is 2.19. The number of aromatic nitrogens is 3. The number of hydrogen-bond acceptors (Lipinski definition) is 2. The summed E-state index contributed by atoms with van der Waals surface area (Å²) < 4.78 is 15.1. The highest BCUT2D eigenvalue weighted by atomic mass is 19.1. The molecule has 3 N–H and O–H groups in total. The molecule has 0 radical (unpaired) electrons. The molecule has 132 valence electrons. The lowest BCUT2D eigenvalue weighted by Gasteiger charge is -2.11. The predicted molar refractivity (Wildman–Crippen MR) is 98.2 cm³/mol. The number of benzene rings is 1. The first-order valence-electron chi connectivity index (χ1n) is 8.51. The third-order valence-corrected chi connectivity index (χ3v) is 3.92. The van der Waals surface area contributed by atoms with Crippen molar-refractivity contribution < 1.29 is 4.39 Å². The second-order valence-electron chi connectivity index (χ2n) is 5.71. The normalized spacial score (nSPS) is 11.8. The van der Waals surface area contributed by atoms with Crippen LogP contribution in [-0.4, -0.2) is 40.4 Å². The highest BCUT2D eigenvalue weighted by molar-refractivity contribution is 5.83. The third-order valence-electron chi connectivity index (χ3n) is 3.92. The molecule has 0 atom stereocenters. The zero-order chi connectivity index (χ0) is 17.5. The first-order chi connectivity index (χ1) is 12.3. The van der Waals surface area contributed by atoms with Gasteiger partial charge < -0.3 is 15.6 Å². The second kappa shape index (κ2) is 8.32. The van der Waals surface area contributed by atoms with Crippen LogP contribution in [0.15, 0.2) is 47.8 Å². The molecular formula is C18H23FN6. The molecule has 0 saturated carbocycles. The molecule has 6 nitrogen and oxygen atoms in total. The zero-order valence-corrected chi connectivity index (χ0v) is 14.3. The number of nitrogens with one attached hydrogen (secondary N) is 3. The van der Waals surface area contributed by atoms with E-state index in [4.69, 9.17) is 0 Å². The Bertz CT molecular complexity index is 821. The van der Waals surface area contributed by atoms with Crippen LogP contribution >= 0.6 is 0 Å². The molecule has 0 aliphatic heterocycles. The number of fused-ring (bicyclic) bond motifs is 1. The molecule has 0 bridgehead atoms. The Morgan fingerprint density at radius 3 is 3.08 bits per heavy atom. The van der Waals surface area contributed by atoms with Crippen molar-refractivity contribution in [3.05, 3.63) is 54.2 Å². The van der Waals surface area contributed by atoms with E-state index >= 15 is 0 Å². The molecule has 0 fully saturated rings. The van der Waals surface area contributed by atoms with Crippen molar-refractivity contribution in [3.8, 4) is 0 Å². The van der Waals surface area contributed by atoms with Gasteiger partial charge >= 0.3 is 0 Å². The Morgan fingerprint density at radius 2 is 2.28 bits per heavy atom. The molecule has 0 amide bonds. The molecule has 7 heteroatoms. The van der Waals surface area contributed by atoms with E-state index in [-0.39, 0.29) is 5.82 Å². The lowest BCUT2D eigenvalue weighted by molar-refractivity contribution is 0.598. The molecule has 2 heterocycles. The first-order valence-corrected chi connectivity index (χ1v) is 8.51. The average Bonchev–Trinajstić information content (AvgIpc) is 3.24. The van der Waals surface area contributed by atoms with Gasteiger partial charge in [-0.25, -0.2) is 4.39 Å². The molecule has 3 aromatic rings. The number of halogens is 1. The first kappa shape index (κ1) is 17.0. The minimum Gasteiger partial charge on any atom is -0.361 e. The fourth-order valence-electron chi connectivity index (χ4n) is 2.72. The summed E-state index contributed by atoms with van der Waals surface area (Å²) in [5.74, 6) is 0.565. The van der Waals surface area contributed by atoms with Gasteiger partial charge in [-0.05, 0) is 43.2 Å². The van der Waals surface area contributed by atoms with Gasteiger partial charge in [-0.15, -0.1) is 0 Å². The molecular weight excluding hydrogens is 319 g/mol. The number of hydrogen-bond donors (Lipinski definition) is 3. The van der Waals surface area contributed by atoms with Crippen molar-refractivity contribution in [2.75, 3.05) is 19.6 Å². The summed E-state index contributed by atoms with van der Waals surface area (Å²) in [5, 5.41) is 11.8. The quantitative estimate of drug-likeness (QED) is 0.456. The fourth-order valence-corrected chi connectivity index (χ4v) is 2.72. The molecule has 0 aliphatic rings. The monoisotopic (exact) mass is 342 g/mol. The fraction of sp³-hybridized carbons (Fsp3) is 0.333. The van der Waals surface area contributed by atoms with Crippen LogP contribution in [0.4, 0.5) is 4.39 Å². The van der Waals surface area contributed by atoms with Crippen LogP contribution in [0.1, 0.15) is 12.5 Å². The summed E-state index contributed by atoms with van der Waals surface area (Å²) in [6, 6.07) is 6.73. The number of guanidine groups is 1. The largest absolute Gasteiger partial charge is 0.361 e. The van der Waals surface area contributed by atoms with Crippen molar-refractivity contribution in [1.29, 1.82) is 0 Å². The molecule has 3 rings (SSSR count). The molecule has 2 aromatic heterocycles. The number of aliphatic imine (C=N–C) groups is 1. The number of aromatic amines is 1. The molecule has 0 spiro atoms. The van der Waals surface area contributed by atoms with Crippen LogP contribution in [0.2, 0.25) is 0 Å². The van der Waals surface area contributed by atoms with Gasteiger partial charge in [0, 0.05) is 49.1 Å². The summed E-state index contributed by atoms with van der Waals surface area (Å²) in [5.41, 5.74) is 1.97. The molecule has 0 aliphatic carbocycles. The minimum absolute atomic E-state index is 0.227. The summed E-state index contributed by atoms with van der Waals surface area (Å²) in [6.45, 7) is 5.03. The van der Waals surface area contributed by atoms with Crippen LogP contribution < -0.4 is 10.6 Å². The topological polar surface area (TPSA) is 70.0 Å². The van der Waals surface area contributed by atoms with Gasteiger partial charge in [-0.1, -0.05) is 0 Å². The summed E-state index contributed by atoms with van der Waals surface area (Å²) >= 11 is 0. The van der Waals surface area contributed by atoms with Crippen LogP contribution in [0.3, 0.4) is 0 Å². The van der Waals surface area contributed by atoms with Crippen molar-refractivity contribution in [2.24, 2.45) is 4.99 Å². The summed E-state index contributed by atoms with van der Waals surface area (Å²) in [7, 11) is 0. The summed E-state index contributed by atoms with van der Waals surface area (Å²) in [6.07, 6.45) is 6.43. The van der Waals surface area contributed by atoms with E-state index in [2.05, 4.69) is 25.7 Å². The third kappa shape index (κ3) is 4.59. The van der Waals surface area contributed by atoms with Crippen LogP contribution in [0, 0.1) is 5.82 Å². The Balaban J connectivity index is 1.55. The van der Waals surface area contributed by atoms with E-state index in [1.165, 1.54) is 12.1 Å². The van der Waals surface area contributed by atoms with E-state index in [0.717, 1.165) is 48.5 Å². The SMILES string of the molecule is CCNC(=NCCc1c[nH]c2cc(F)ccc12)NCCn1cccn1. The van der Waals surface area contributed by atoms with E-state index in [1.807, 2.05) is 36.1 Å². The molecule has 0 unspecified atom stereocenters. The van der Waals surface area contributed by atoms with Gasteiger partial charge in [0.1, 0.15) is 5.82 Å². The van der Waals surface area contributed by atoms with E-state index in [0.29, 0.717) is 6.54 Å². The van der Waals surface area contributed by atoms with Crippen molar-refractivity contribution >= 4 is 16.9 Å². The molecule has 1 aromatic carbocycles. The van der Waals surface area contributed by atoms with Gasteiger partial charge in [-0.2, -0.15) is 5.10 Å². The summed E-state index contributed by atoms with van der Waals surface area (Å²) in [4.78, 5) is 7.72. The van der Waals surface area contributed by atoms with E-state index in [1.54, 1.807) is 6.20 Å². The lowest BCUT2D eigenvalue weighted by atomic mass is 10.1. The Morgan fingerprint density at radius 1 is 1.36 bits per heavy atom. The minimum atomic E-state index is -0.227. The van der Waals surface area contributed by atoms with Gasteiger partial charge in [-0.3, -0.25) is 9.67 Å². The Kier molecular flexibility index (Phi) is 5.66. The molecule has 0 saturated heterocycles. The smallest absolute Gasteiger partial charge is 0.191 e. The predicted octanol–water partition coefficient (Wildman–Crippen LogP) is 2.30. The second-order valence-corrected chi connectivity index (χ2v) is 5.71. The average molecular weight is 342 g/mol. The number of rotatable bonds is 7. The number of nitrogens with zero attached hydrogens (tertiary/aromatic N) is 3. The van der Waals surface area contributed by atoms with E-state index in [9.17, 15) is 4.39 Å². The van der Waals surface area contributed by atoms with Gasteiger partial charge in [0.2, 0.25) is 0 Å². The Hall–Kier alpha value is -2.83. The highest BCUT2D eigenvalue weighted by Gasteiger charge is 2.04. The van der Waals surface area contributed by atoms with Crippen LogP contribution in [-0.2, 0) is 13.0 Å². The van der Waals surface area contributed by atoms with Gasteiger partial charge in [0.05, 0.1) is 6.54 Å². The van der Waals surface area contributed by atoms with Crippen molar-refractivity contribution in [2.45, 2.75) is 19.9 Å². The standard InChI is InChI=1S/C18H23FN6/c1-2-20-18(22-9-11-25-10-3-7-24-25)21-8-6-14-13-23-17-12-15(19)4-5-16(14)17/h3-5,7,10,12-13,23H,2,6,8-9,11H2,1H3,(H2,20,21,22). The lowest BCUT2D eigenvalue weighted by Crippen LogP contribution is -2.39. The van der Waals surface area contributed by atoms with Gasteiger partial charge in [0.25, 0.3) is 0 Å². The Labute approximate surface area is 146 Å². The molecule has 25 heavy (non-hydrogen) atoms. The van der Waals surface area contributed by atoms with Crippen LogP contribution in [0.5, 0.6) is 0 Å². The van der Waals surface area contributed by atoms with Gasteiger partial charge in [0.15, 0.2) is 5.96 Å². The maximum absolute atomic E-state index is 13.2. The number of H-pyrrole nitrogens is 1. The van der Waals surface area contributed by atoms with E-state index < -0.39 is 0 Å². The maximum atomic E-state index is 13.2.